The minimum atomic E-state index is -0.887. The van der Waals surface area contributed by atoms with Crippen molar-refractivity contribution in [2.45, 2.75) is 0 Å². The highest BCUT2D eigenvalue weighted by atomic mass is 31.0. The summed E-state index contributed by atoms with van der Waals surface area (Å²) in [6.45, 7) is 0. The molecule has 0 heterocycles. The highest BCUT2D eigenvalue weighted by Crippen LogP contribution is 1.80. The average molecular weight is 118 g/mol. The van der Waals surface area contributed by atoms with Gasteiger partial charge >= 0.3 is 5.97 Å². The molecule has 1 unspecified atom stereocenters. The van der Waals surface area contributed by atoms with Gasteiger partial charge in [-0.05, 0) is 6.16 Å². The van der Waals surface area contributed by atoms with Crippen LogP contribution in [0, 0.1) is 0 Å². The van der Waals surface area contributed by atoms with Crippen LogP contribution in [-0.2, 0) is 4.79 Å². The molecule has 0 saturated carbocycles. The van der Waals surface area contributed by atoms with Crippen LogP contribution in [0.5, 0.6) is 0 Å². The lowest BCUT2D eigenvalue weighted by Gasteiger charge is -1.73. The van der Waals surface area contributed by atoms with E-state index in [-0.39, 0.29) is 0 Å². The van der Waals surface area contributed by atoms with Crippen molar-refractivity contribution in [1.82, 2.24) is 0 Å². The number of carbonyl (C=O) groups is 1. The van der Waals surface area contributed by atoms with Crippen molar-refractivity contribution < 1.29 is 9.90 Å². The lowest BCUT2D eigenvalue weighted by Crippen LogP contribution is -1.84. The first kappa shape index (κ1) is 6.64. The van der Waals surface area contributed by atoms with E-state index in [2.05, 4.69) is 9.24 Å². The van der Waals surface area contributed by atoms with E-state index in [1.165, 1.54) is 0 Å². The fourth-order valence-electron chi connectivity index (χ4n) is 0.169. The van der Waals surface area contributed by atoms with E-state index in [0.29, 0.717) is 6.16 Å². The fraction of sp³-hybridized carbons (Fsp3) is 0.250. The first-order valence-corrected chi connectivity index (χ1v) is 2.68. The number of hydrogen-bond donors (Lipinski definition) is 1. The molecule has 0 bridgehead atoms. The van der Waals surface area contributed by atoms with Crippen molar-refractivity contribution in [3.63, 3.8) is 0 Å². The number of rotatable bonds is 2. The second-order valence-electron chi connectivity index (χ2n) is 0.976. The van der Waals surface area contributed by atoms with Crippen molar-refractivity contribution in [1.29, 1.82) is 0 Å². The van der Waals surface area contributed by atoms with Crippen LogP contribution in [0.3, 0.4) is 0 Å². The highest BCUT2D eigenvalue weighted by molar-refractivity contribution is 7.16. The third kappa shape index (κ3) is 5.64. The summed E-state index contributed by atoms with van der Waals surface area (Å²) in [7, 11) is 2.39. The lowest BCUT2D eigenvalue weighted by molar-refractivity contribution is -0.131. The van der Waals surface area contributed by atoms with E-state index in [1.807, 2.05) is 0 Å². The third-order valence-corrected chi connectivity index (χ3v) is 0.669. The normalized spacial score (nSPS) is 9.86. The number of aliphatic carboxylic acids is 1. The zero-order chi connectivity index (χ0) is 5.70. The Morgan fingerprint density at radius 2 is 2.43 bits per heavy atom. The van der Waals surface area contributed by atoms with Gasteiger partial charge in [-0.15, -0.1) is 9.24 Å². The topological polar surface area (TPSA) is 37.3 Å². The minimum Gasteiger partial charge on any atom is -0.478 e. The molecule has 0 radical (unpaired) electrons. The van der Waals surface area contributed by atoms with Gasteiger partial charge in [0.25, 0.3) is 0 Å². The molecule has 0 saturated heterocycles. The zero-order valence-corrected chi connectivity index (χ0v) is 4.95. The summed E-state index contributed by atoms with van der Waals surface area (Å²) in [4.78, 5) is 9.66. The Balaban J connectivity index is 3.26. The Hall–Kier alpha value is -0.360. The van der Waals surface area contributed by atoms with Crippen molar-refractivity contribution in [3.05, 3.63) is 12.2 Å². The molecule has 3 heteroatoms. The van der Waals surface area contributed by atoms with Crippen LogP contribution >= 0.6 is 9.24 Å². The van der Waals surface area contributed by atoms with E-state index in [4.69, 9.17) is 5.11 Å². The average Bonchev–Trinajstić information content (AvgIpc) is 1.61. The molecule has 40 valence electrons. The summed E-state index contributed by atoms with van der Waals surface area (Å²) in [6.07, 6.45) is 3.38. The van der Waals surface area contributed by atoms with Gasteiger partial charge in [-0.1, -0.05) is 6.08 Å². The van der Waals surface area contributed by atoms with Crippen LogP contribution in [0.1, 0.15) is 0 Å². The van der Waals surface area contributed by atoms with Crippen molar-refractivity contribution >= 4 is 15.2 Å². The zero-order valence-electron chi connectivity index (χ0n) is 3.79. The molecule has 0 fully saturated rings. The van der Waals surface area contributed by atoms with Gasteiger partial charge in [0.15, 0.2) is 0 Å². The molecule has 0 aromatic rings. The Morgan fingerprint density at radius 1 is 1.86 bits per heavy atom. The van der Waals surface area contributed by atoms with Crippen molar-refractivity contribution in [2.75, 3.05) is 6.16 Å². The maximum atomic E-state index is 9.66. The molecule has 0 aromatic carbocycles. The summed E-state index contributed by atoms with van der Waals surface area (Å²) in [6, 6.07) is 0. The molecule has 1 N–H and O–H groups in total. The number of allylic oxidation sites excluding steroid dienone is 1. The van der Waals surface area contributed by atoms with Gasteiger partial charge in [0.05, 0.1) is 0 Å². The molecular formula is C4H7O2P. The molecule has 0 aliphatic heterocycles. The predicted octanol–water partition coefficient (Wildman–Crippen LogP) is 0.502. The molecule has 7 heavy (non-hydrogen) atoms. The Labute approximate surface area is 44.4 Å². The predicted molar refractivity (Wildman–Crippen MR) is 31.4 cm³/mol. The van der Waals surface area contributed by atoms with Gasteiger partial charge < -0.3 is 5.11 Å². The first-order chi connectivity index (χ1) is 3.27. The largest absolute Gasteiger partial charge is 0.478 e. The molecule has 0 aliphatic rings. The minimum absolute atomic E-state index is 0.701. The van der Waals surface area contributed by atoms with Gasteiger partial charge in [-0.2, -0.15) is 0 Å². The van der Waals surface area contributed by atoms with Crippen molar-refractivity contribution in [3.8, 4) is 0 Å². The maximum Gasteiger partial charge on any atom is 0.327 e. The maximum absolute atomic E-state index is 9.66. The first-order valence-electron chi connectivity index (χ1n) is 1.87. The van der Waals surface area contributed by atoms with Crippen LogP contribution < -0.4 is 0 Å². The van der Waals surface area contributed by atoms with Gasteiger partial charge in [0.2, 0.25) is 0 Å². The number of hydrogen-bond acceptors (Lipinski definition) is 1. The van der Waals surface area contributed by atoms with Crippen LogP contribution in [0.2, 0.25) is 0 Å². The van der Waals surface area contributed by atoms with E-state index in [0.717, 1.165) is 6.08 Å². The van der Waals surface area contributed by atoms with Crippen LogP contribution in [0.4, 0.5) is 0 Å². The standard InChI is InChI=1S/C4H7O2P/c5-4(6)2-1-3-7/h1-2H,3,7H2,(H,5,6). The van der Waals surface area contributed by atoms with Gasteiger partial charge in [0, 0.05) is 6.08 Å². The second kappa shape index (κ2) is 3.82. The Kier molecular flexibility index (Phi) is 3.62. The molecular weight excluding hydrogens is 111 g/mol. The Morgan fingerprint density at radius 3 is 2.57 bits per heavy atom. The fourth-order valence-corrected chi connectivity index (χ4v) is 0.305. The van der Waals surface area contributed by atoms with Gasteiger partial charge in [-0.3, -0.25) is 0 Å². The third-order valence-electron chi connectivity index (χ3n) is 0.397. The molecule has 2 nitrogen and oxygen atoms in total. The lowest BCUT2D eigenvalue weighted by atomic mass is 10.5. The molecule has 0 aromatic heterocycles. The van der Waals surface area contributed by atoms with Crippen LogP contribution in [0.25, 0.3) is 0 Å². The summed E-state index contributed by atoms with van der Waals surface area (Å²) in [5.41, 5.74) is 0. The molecule has 0 aliphatic carbocycles. The Bertz CT molecular complexity index is 87.7. The van der Waals surface area contributed by atoms with Gasteiger partial charge in [0.1, 0.15) is 0 Å². The molecule has 0 rings (SSSR count). The molecule has 0 spiro atoms. The van der Waals surface area contributed by atoms with E-state index in [1.54, 1.807) is 6.08 Å². The monoisotopic (exact) mass is 118 g/mol. The summed E-state index contributed by atoms with van der Waals surface area (Å²) in [5.74, 6) is -0.887. The number of carboxylic acids is 1. The quantitative estimate of drug-likeness (QED) is 0.423. The van der Waals surface area contributed by atoms with Crippen LogP contribution in [0.15, 0.2) is 12.2 Å². The molecule has 0 amide bonds. The SMILES string of the molecule is O=C(O)C=CCP. The number of carboxylic acid groups (broad SMARTS) is 1. The van der Waals surface area contributed by atoms with E-state index < -0.39 is 5.97 Å². The molecule has 1 atom stereocenters. The van der Waals surface area contributed by atoms with E-state index in [9.17, 15) is 4.79 Å². The summed E-state index contributed by atoms with van der Waals surface area (Å²) in [5, 5.41) is 7.95. The van der Waals surface area contributed by atoms with E-state index >= 15 is 0 Å². The van der Waals surface area contributed by atoms with Crippen LogP contribution in [-0.4, -0.2) is 17.2 Å². The summed E-state index contributed by atoms with van der Waals surface area (Å²) >= 11 is 0. The highest BCUT2D eigenvalue weighted by Gasteiger charge is 1.79. The second-order valence-corrected chi connectivity index (χ2v) is 1.45. The smallest absolute Gasteiger partial charge is 0.327 e. The summed E-state index contributed by atoms with van der Waals surface area (Å²) < 4.78 is 0. The van der Waals surface area contributed by atoms with Gasteiger partial charge in [-0.25, -0.2) is 4.79 Å². The van der Waals surface area contributed by atoms with Crippen molar-refractivity contribution in [2.24, 2.45) is 0 Å².